The fourth-order valence-corrected chi connectivity index (χ4v) is 1.87. The van der Waals surface area contributed by atoms with Crippen molar-refractivity contribution in [3.05, 3.63) is 0 Å². The van der Waals surface area contributed by atoms with Crippen molar-refractivity contribution in [3.63, 3.8) is 0 Å². The van der Waals surface area contributed by atoms with Crippen LogP contribution in [0.5, 0.6) is 0 Å². The van der Waals surface area contributed by atoms with E-state index in [0.717, 1.165) is 19.6 Å². The number of piperazine rings is 1. The molecule has 1 fully saturated rings. The van der Waals surface area contributed by atoms with Crippen molar-refractivity contribution in [2.45, 2.75) is 32.6 Å². The quantitative estimate of drug-likeness (QED) is 0.592. The number of rotatable bonds is 3. The first-order chi connectivity index (χ1) is 5.75. The maximum absolute atomic E-state index is 9.47. The van der Waals surface area contributed by atoms with E-state index in [1.54, 1.807) is 0 Å². The van der Waals surface area contributed by atoms with Crippen LogP contribution in [0.1, 0.15) is 19.8 Å². The zero-order valence-corrected chi connectivity index (χ0v) is 8.08. The average molecular weight is 170 g/mol. The Morgan fingerprint density at radius 2 is 2.42 bits per heavy atom. The van der Waals surface area contributed by atoms with E-state index in [1.807, 2.05) is 6.82 Å². The molecule has 1 rings (SSSR count). The van der Waals surface area contributed by atoms with Gasteiger partial charge in [-0.05, 0) is 13.2 Å². The van der Waals surface area contributed by atoms with E-state index >= 15 is 0 Å². The third kappa shape index (κ3) is 2.47. The monoisotopic (exact) mass is 170 g/mol. The molecule has 1 atom stereocenters. The molecule has 0 spiro atoms. The summed E-state index contributed by atoms with van der Waals surface area (Å²) in [5.74, 6) is 0. The molecule has 0 aromatic heterocycles. The Morgan fingerprint density at radius 1 is 1.67 bits per heavy atom. The molecular formula is C8H19BN2O. The number of hydrogen-bond donors (Lipinski definition) is 2. The van der Waals surface area contributed by atoms with Gasteiger partial charge in [-0.3, -0.25) is 0 Å². The van der Waals surface area contributed by atoms with E-state index in [-0.39, 0.29) is 7.05 Å². The van der Waals surface area contributed by atoms with Crippen LogP contribution in [0.15, 0.2) is 0 Å². The maximum Gasteiger partial charge on any atom is 0.376 e. The molecule has 1 unspecified atom stereocenters. The highest BCUT2D eigenvalue weighted by atomic mass is 16.2. The molecule has 70 valence electrons. The molecule has 4 heteroatoms. The van der Waals surface area contributed by atoms with Gasteiger partial charge in [-0.25, -0.2) is 0 Å². The highest BCUT2D eigenvalue weighted by Gasteiger charge is 2.26. The van der Waals surface area contributed by atoms with Gasteiger partial charge in [0.15, 0.2) is 0 Å². The highest BCUT2D eigenvalue weighted by molar-refractivity contribution is 6.45. The van der Waals surface area contributed by atoms with E-state index in [9.17, 15) is 5.02 Å². The molecule has 3 nitrogen and oxygen atoms in total. The van der Waals surface area contributed by atoms with Gasteiger partial charge >= 0.3 is 7.05 Å². The molecule has 0 radical (unpaired) electrons. The van der Waals surface area contributed by atoms with Gasteiger partial charge in [-0.2, -0.15) is 0 Å². The SMILES string of the molecule is CCCC1CNCCN1B(C)O. The summed E-state index contributed by atoms with van der Waals surface area (Å²) in [4.78, 5) is 2.18. The third-order valence-electron chi connectivity index (χ3n) is 2.50. The summed E-state index contributed by atoms with van der Waals surface area (Å²) in [6.45, 7) is 7.05. The maximum atomic E-state index is 9.47. The molecule has 0 amide bonds. The second-order valence-electron chi connectivity index (χ2n) is 3.52. The second kappa shape index (κ2) is 4.85. The van der Waals surface area contributed by atoms with Crippen molar-refractivity contribution in [2.75, 3.05) is 19.6 Å². The van der Waals surface area contributed by atoms with Crippen LogP contribution in [0.2, 0.25) is 6.82 Å². The lowest BCUT2D eigenvalue weighted by Crippen LogP contribution is -2.56. The van der Waals surface area contributed by atoms with Crippen LogP contribution in [0, 0.1) is 0 Å². The molecule has 0 aromatic carbocycles. The predicted octanol–water partition coefficient (Wildman–Crippen LogP) is 0.171. The number of nitrogens with one attached hydrogen (secondary N) is 1. The van der Waals surface area contributed by atoms with Crippen LogP contribution in [-0.4, -0.2) is 42.6 Å². The first kappa shape index (κ1) is 10.0. The molecule has 1 heterocycles. The predicted molar refractivity (Wildman–Crippen MR) is 52.1 cm³/mol. The van der Waals surface area contributed by atoms with Crippen LogP contribution in [0.4, 0.5) is 0 Å². The molecule has 0 bridgehead atoms. The summed E-state index contributed by atoms with van der Waals surface area (Å²) in [5.41, 5.74) is 0. The Kier molecular flexibility index (Phi) is 4.05. The van der Waals surface area contributed by atoms with Gasteiger partial charge < -0.3 is 15.2 Å². The van der Waals surface area contributed by atoms with E-state index in [1.165, 1.54) is 12.8 Å². The van der Waals surface area contributed by atoms with Crippen LogP contribution in [-0.2, 0) is 0 Å². The van der Waals surface area contributed by atoms with Crippen molar-refractivity contribution in [3.8, 4) is 0 Å². The van der Waals surface area contributed by atoms with Crippen LogP contribution in [0.25, 0.3) is 0 Å². The van der Waals surface area contributed by atoms with Crippen LogP contribution < -0.4 is 5.32 Å². The molecule has 1 aliphatic rings. The van der Waals surface area contributed by atoms with Crippen molar-refractivity contribution in [1.82, 2.24) is 10.1 Å². The average Bonchev–Trinajstić information content (AvgIpc) is 2.05. The molecule has 0 aliphatic carbocycles. The topological polar surface area (TPSA) is 35.5 Å². The number of nitrogens with zero attached hydrogens (tertiary/aromatic N) is 1. The summed E-state index contributed by atoms with van der Waals surface area (Å²) in [6.07, 6.45) is 2.37. The van der Waals surface area contributed by atoms with Gasteiger partial charge in [0.05, 0.1) is 0 Å². The summed E-state index contributed by atoms with van der Waals surface area (Å²) < 4.78 is 0. The van der Waals surface area contributed by atoms with Crippen molar-refractivity contribution >= 4 is 7.05 Å². The minimum absolute atomic E-state index is 0.288. The molecule has 0 aromatic rings. The van der Waals surface area contributed by atoms with Crippen molar-refractivity contribution in [1.29, 1.82) is 0 Å². The van der Waals surface area contributed by atoms with Gasteiger partial charge in [0.25, 0.3) is 0 Å². The molecule has 12 heavy (non-hydrogen) atoms. The molecule has 1 aliphatic heterocycles. The first-order valence-corrected chi connectivity index (χ1v) is 4.90. The van der Waals surface area contributed by atoms with Crippen LogP contribution in [0.3, 0.4) is 0 Å². The van der Waals surface area contributed by atoms with Crippen LogP contribution >= 0.6 is 0 Å². The fraction of sp³-hybridized carbons (Fsp3) is 1.00. The molecular weight excluding hydrogens is 151 g/mol. The van der Waals surface area contributed by atoms with Gasteiger partial charge in [0.1, 0.15) is 0 Å². The summed E-state index contributed by atoms with van der Waals surface area (Å²) >= 11 is 0. The van der Waals surface area contributed by atoms with Gasteiger partial charge in [0.2, 0.25) is 0 Å². The largest absolute Gasteiger partial charge is 0.437 e. The lowest BCUT2D eigenvalue weighted by molar-refractivity contribution is 0.227. The van der Waals surface area contributed by atoms with E-state index < -0.39 is 0 Å². The normalized spacial score (nSPS) is 25.8. The summed E-state index contributed by atoms with van der Waals surface area (Å²) in [5, 5.41) is 12.8. The Labute approximate surface area is 75.3 Å². The van der Waals surface area contributed by atoms with E-state index in [0.29, 0.717) is 6.04 Å². The Morgan fingerprint density at radius 3 is 3.00 bits per heavy atom. The fourth-order valence-electron chi connectivity index (χ4n) is 1.87. The summed E-state index contributed by atoms with van der Waals surface area (Å²) in [6, 6.07) is 0.531. The van der Waals surface area contributed by atoms with Gasteiger partial charge in [-0.15, -0.1) is 0 Å². The summed E-state index contributed by atoms with van der Waals surface area (Å²) in [7, 11) is -0.288. The highest BCUT2D eigenvalue weighted by Crippen LogP contribution is 2.09. The van der Waals surface area contributed by atoms with Gasteiger partial charge in [0, 0.05) is 25.7 Å². The lowest BCUT2D eigenvalue weighted by Gasteiger charge is -2.36. The van der Waals surface area contributed by atoms with Crippen molar-refractivity contribution < 1.29 is 5.02 Å². The third-order valence-corrected chi connectivity index (χ3v) is 2.50. The smallest absolute Gasteiger partial charge is 0.376 e. The lowest BCUT2D eigenvalue weighted by atomic mass is 9.81. The van der Waals surface area contributed by atoms with Gasteiger partial charge in [-0.1, -0.05) is 13.3 Å². The first-order valence-electron chi connectivity index (χ1n) is 4.90. The number of hydrogen-bond acceptors (Lipinski definition) is 3. The van der Waals surface area contributed by atoms with E-state index in [2.05, 4.69) is 17.1 Å². The molecule has 2 N–H and O–H groups in total. The minimum Gasteiger partial charge on any atom is -0.437 e. The molecule has 0 saturated carbocycles. The zero-order valence-electron chi connectivity index (χ0n) is 8.08. The van der Waals surface area contributed by atoms with Crippen molar-refractivity contribution in [2.24, 2.45) is 0 Å². The standard InChI is InChI=1S/C8H19BN2O/c1-3-4-8-7-10-5-6-11(8)9(2)12/h8,10,12H,3-7H2,1-2H3. The molecule has 1 saturated heterocycles. The Bertz CT molecular complexity index is 130. The Balaban J connectivity index is 2.42. The van der Waals surface area contributed by atoms with E-state index in [4.69, 9.17) is 0 Å². The minimum atomic E-state index is -0.288. The zero-order chi connectivity index (χ0) is 8.97. The Hall–Kier alpha value is -0.0551. The second-order valence-corrected chi connectivity index (χ2v) is 3.52.